The van der Waals surface area contributed by atoms with Crippen LogP contribution in [0.4, 0.5) is 5.69 Å². The second-order valence-corrected chi connectivity index (χ2v) is 9.28. The van der Waals surface area contributed by atoms with Gasteiger partial charge >= 0.3 is 5.97 Å². The van der Waals surface area contributed by atoms with E-state index in [1.807, 2.05) is 32.9 Å². The molecule has 1 saturated heterocycles. The van der Waals surface area contributed by atoms with Gasteiger partial charge in [0, 0.05) is 32.9 Å². The molecule has 3 atom stereocenters. The van der Waals surface area contributed by atoms with E-state index in [-0.39, 0.29) is 18.6 Å². The van der Waals surface area contributed by atoms with E-state index in [2.05, 4.69) is 5.32 Å². The van der Waals surface area contributed by atoms with E-state index in [1.54, 1.807) is 18.7 Å². The standard InChI is InChI=1S/C23H30N2O7/c1-6-25-16-10-18-17(29-11-30-18)9-13(16)8-15(21(25)27)24-20(26)14(7-12(2)3)19-22(28)32-23(4,5)31-19/h9-10,12,14-15,19H,6-8,11H2,1-5H3,(H,24,26)/t14-,15+,19+/m1/s1. The summed E-state index contributed by atoms with van der Waals surface area (Å²) in [6.07, 6.45) is -0.257. The molecule has 0 unspecified atom stereocenters. The first-order valence-corrected chi connectivity index (χ1v) is 11.0. The lowest BCUT2D eigenvalue weighted by Crippen LogP contribution is -2.55. The van der Waals surface area contributed by atoms with E-state index < -0.39 is 35.7 Å². The molecule has 0 aromatic heterocycles. The molecule has 0 bridgehead atoms. The van der Waals surface area contributed by atoms with Crippen LogP contribution in [-0.4, -0.2) is 49.1 Å². The van der Waals surface area contributed by atoms with Crippen molar-refractivity contribution in [3.63, 3.8) is 0 Å². The zero-order valence-electron chi connectivity index (χ0n) is 19.1. The summed E-state index contributed by atoms with van der Waals surface area (Å²) in [5, 5.41) is 2.88. The molecule has 1 fully saturated rings. The predicted molar refractivity (Wildman–Crippen MR) is 114 cm³/mol. The number of rotatable bonds is 6. The van der Waals surface area contributed by atoms with Gasteiger partial charge in [-0.1, -0.05) is 13.8 Å². The third-order valence-corrected chi connectivity index (χ3v) is 5.90. The van der Waals surface area contributed by atoms with Crippen LogP contribution in [0.5, 0.6) is 11.5 Å². The van der Waals surface area contributed by atoms with Crippen LogP contribution in [0.3, 0.4) is 0 Å². The Morgan fingerprint density at radius 3 is 2.50 bits per heavy atom. The highest BCUT2D eigenvalue weighted by atomic mass is 16.8. The number of nitrogens with zero attached hydrogens (tertiary/aromatic N) is 1. The number of carbonyl (C=O) groups excluding carboxylic acids is 3. The van der Waals surface area contributed by atoms with Crippen molar-refractivity contribution in [2.75, 3.05) is 18.2 Å². The summed E-state index contributed by atoms with van der Waals surface area (Å²) in [6.45, 7) is 9.68. The van der Waals surface area contributed by atoms with Crippen molar-refractivity contribution >= 4 is 23.5 Å². The maximum atomic E-state index is 13.3. The molecule has 3 heterocycles. The Morgan fingerprint density at radius 2 is 1.91 bits per heavy atom. The van der Waals surface area contributed by atoms with Crippen LogP contribution in [-0.2, 0) is 30.3 Å². The number of hydrogen-bond donors (Lipinski definition) is 1. The Bertz CT molecular complexity index is 943. The van der Waals surface area contributed by atoms with Crippen LogP contribution in [0.2, 0.25) is 0 Å². The SMILES string of the molecule is CCN1C(=O)[C@@H](NC(=O)[C@H](CC(C)C)[C@@H]2OC(C)(C)OC2=O)Cc2cc3c(cc21)OCO3. The summed E-state index contributed by atoms with van der Waals surface area (Å²) < 4.78 is 21.9. The normalized spacial score (nSPS) is 24.4. The van der Waals surface area contributed by atoms with E-state index in [0.717, 1.165) is 11.3 Å². The molecule has 0 radical (unpaired) electrons. The molecule has 3 aliphatic rings. The lowest BCUT2D eigenvalue weighted by Gasteiger charge is -2.35. The molecular weight excluding hydrogens is 416 g/mol. The molecule has 0 aliphatic carbocycles. The molecule has 0 saturated carbocycles. The first-order chi connectivity index (χ1) is 15.1. The highest BCUT2D eigenvalue weighted by Crippen LogP contribution is 2.41. The number of esters is 1. The fourth-order valence-electron chi connectivity index (χ4n) is 4.52. The van der Waals surface area contributed by atoms with Crippen molar-refractivity contribution in [1.82, 2.24) is 5.32 Å². The summed E-state index contributed by atoms with van der Waals surface area (Å²) in [5.41, 5.74) is 1.65. The van der Waals surface area contributed by atoms with E-state index in [4.69, 9.17) is 18.9 Å². The van der Waals surface area contributed by atoms with E-state index in [0.29, 0.717) is 30.9 Å². The number of benzene rings is 1. The van der Waals surface area contributed by atoms with Crippen LogP contribution < -0.4 is 19.7 Å². The van der Waals surface area contributed by atoms with Crippen LogP contribution in [0.25, 0.3) is 0 Å². The average Bonchev–Trinajstić information content (AvgIpc) is 3.27. The molecule has 3 aliphatic heterocycles. The number of amides is 2. The number of carbonyl (C=O) groups is 3. The second kappa shape index (κ2) is 8.27. The molecule has 1 aromatic carbocycles. The maximum Gasteiger partial charge on any atom is 0.338 e. The number of ether oxygens (including phenoxy) is 4. The minimum Gasteiger partial charge on any atom is -0.454 e. The molecule has 1 N–H and O–H groups in total. The van der Waals surface area contributed by atoms with Crippen molar-refractivity contribution in [3.8, 4) is 11.5 Å². The average molecular weight is 447 g/mol. The molecular formula is C23H30N2O7. The van der Waals surface area contributed by atoms with E-state index >= 15 is 0 Å². The smallest absolute Gasteiger partial charge is 0.338 e. The Kier molecular flexibility index (Phi) is 5.79. The molecule has 0 spiro atoms. The summed E-state index contributed by atoms with van der Waals surface area (Å²) in [7, 11) is 0. The lowest BCUT2D eigenvalue weighted by atomic mass is 9.90. The number of nitrogens with one attached hydrogen (secondary N) is 1. The number of fused-ring (bicyclic) bond motifs is 2. The molecule has 4 rings (SSSR count). The largest absolute Gasteiger partial charge is 0.454 e. The monoisotopic (exact) mass is 446 g/mol. The van der Waals surface area contributed by atoms with Crippen LogP contribution >= 0.6 is 0 Å². The highest BCUT2D eigenvalue weighted by Gasteiger charge is 2.48. The summed E-state index contributed by atoms with van der Waals surface area (Å²) >= 11 is 0. The van der Waals surface area contributed by atoms with E-state index in [1.165, 1.54) is 0 Å². The molecule has 1 aromatic rings. The minimum atomic E-state index is -1.09. The maximum absolute atomic E-state index is 13.3. The summed E-state index contributed by atoms with van der Waals surface area (Å²) in [5.74, 6) is -1.62. The van der Waals surface area contributed by atoms with Gasteiger partial charge in [0.2, 0.25) is 24.4 Å². The fourth-order valence-corrected chi connectivity index (χ4v) is 4.52. The third kappa shape index (κ3) is 4.13. The van der Waals surface area contributed by atoms with Gasteiger partial charge in [0.05, 0.1) is 11.6 Å². The van der Waals surface area contributed by atoms with E-state index in [9.17, 15) is 14.4 Å². The zero-order chi connectivity index (χ0) is 23.2. The number of hydrogen-bond acceptors (Lipinski definition) is 7. The van der Waals surface area contributed by atoms with Gasteiger partial charge in [-0.3, -0.25) is 9.59 Å². The molecule has 9 nitrogen and oxygen atoms in total. The number of anilines is 1. The van der Waals surface area contributed by atoms with Crippen LogP contribution in [0.1, 0.15) is 46.6 Å². The first kappa shape index (κ1) is 22.4. The Hall–Kier alpha value is -2.81. The van der Waals surface area contributed by atoms with Crippen molar-refractivity contribution in [2.24, 2.45) is 11.8 Å². The van der Waals surface area contributed by atoms with Gasteiger partial charge in [-0.15, -0.1) is 0 Å². The van der Waals surface area contributed by atoms with Gasteiger partial charge in [0.25, 0.3) is 0 Å². The first-order valence-electron chi connectivity index (χ1n) is 11.0. The van der Waals surface area contributed by atoms with Crippen molar-refractivity contribution in [1.29, 1.82) is 0 Å². The summed E-state index contributed by atoms with van der Waals surface area (Å²) in [4.78, 5) is 40.6. The van der Waals surface area contributed by atoms with Crippen molar-refractivity contribution in [3.05, 3.63) is 17.7 Å². The molecule has 32 heavy (non-hydrogen) atoms. The topological polar surface area (TPSA) is 103 Å². The second-order valence-electron chi connectivity index (χ2n) is 9.28. The van der Waals surface area contributed by atoms with Gasteiger partial charge in [-0.05, 0) is 30.9 Å². The predicted octanol–water partition coefficient (Wildman–Crippen LogP) is 2.15. The Labute approximate surface area is 187 Å². The zero-order valence-corrected chi connectivity index (χ0v) is 19.1. The Balaban J connectivity index is 1.57. The van der Waals surface area contributed by atoms with Gasteiger partial charge in [0.15, 0.2) is 17.6 Å². The summed E-state index contributed by atoms with van der Waals surface area (Å²) in [6, 6.07) is 2.91. The molecule has 2 amide bonds. The van der Waals surface area contributed by atoms with Gasteiger partial charge < -0.3 is 29.2 Å². The van der Waals surface area contributed by atoms with Gasteiger partial charge in [0.1, 0.15) is 6.04 Å². The highest BCUT2D eigenvalue weighted by molar-refractivity contribution is 6.03. The van der Waals surface area contributed by atoms with Crippen LogP contribution in [0, 0.1) is 11.8 Å². The van der Waals surface area contributed by atoms with Gasteiger partial charge in [-0.25, -0.2) is 4.79 Å². The molecule has 174 valence electrons. The fraction of sp³-hybridized carbons (Fsp3) is 0.609. The lowest BCUT2D eigenvalue weighted by molar-refractivity contribution is -0.162. The number of cyclic esters (lactones) is 1. The van der Waals surface area contributed by atoms with Crippen LogP contribution in [0.15, 0.2) is 12.1 Å². The van der Waals surface area contributed by atoms with Crippen molar-refractivity contribution in [2.45, 2.75) is 65.4 Å². The van der Waals surface area contributed by atoms with Gasteiger partial charge in [-0.2, -0.15) is 0 Å². The quantitative estimate of drug-likeness (QED) is 0.668. The Morgan fingerprint density at radius 1 is 1.22 bits per heavy atom. The third-order valence-electron chi connectivity index (χ3n) is 5.90. The number of likely N-dealkylation sites (N-methyl/N-ethyl adjacent to an activating group) is 1. The molecule has 9 heteroatoms. The van der Waals surface area contributed by atoms with Crippen molar-refractivity contribution < 1.29 is 33.3 Å². The minimum absolute atomic E-state index is 0.139.